The first-order valence-electron chi connectivity index (χ1n) is 5.57. The SMILES string of the molecule is OCCCc1nnc(S)n1Cc1ccccc1. The average molecular weight is 249 g/mol. The molecule has 1 heterocycles. The molecule has 1 N–H and O–H groups in total. The third kappa shape index (κ3) is 3.08. The van der Waals surface area contributed by atoms with Crippen LogP contribution in [0.1, 0.15) is 17.8 Å². The first-order chi connectivity index (χ1) is 8.31. The average Bonchev–Trinajstić information content (AvgIpc) is 2.70. The number of hydrogen-bond donors (Lipinski definition) is 2. The molecule has 1 aromatic carbocycles. The second kappa shape index (κ2) is 5.84. The van der Waals surface area contributed by atoms with Crippen molar-refractivity contribution in [3.63, 3.8) is 0 Å². The van der Waals surface area contributed by atoms with Crippen LogP contribution in [-0.4, -0.2) is 26.5 Å². The van der Waals surface area contributed by atoms with Crippen LogP contribution in [0.5, 0.6) is 0 Å². The zero-order chi connectivity index (χ0) is 12.1. The van der Waals surface area contributed by atoms with Crippen LogP contribution in [0.25, 0.3) is 0 Å². The van der Waals surface area contributed by atoms with Gasteiger partial charge in [0.2, 0.25) is 0 Å². The van der Waals surface area contributed by atoms with Crippen molar-refractivity contribution in [2.75, 3.05) is 6.61 Å². The molecule has 0 unspecified atom stereocenters. The number of aliphatic hydroxyl groups is 1. The maximum absolute atomic E-state index is 8.84. The molecule has 17 heavy (non-hydrogen) atoms. The minimum atomic E-state index is 0.167. The molecular weight excluding hydrogens is 234 g/mol. The molecule has 90 valence electrons. The minimum absolute atomic E-state index is 0.167. The molecular formula is C12H15N3OS. The van der Waals surface area contributed by atoms with Crippen molar-refractivity contribution < 1.29 is 5.11 Å². The van der Waals surface area contributed by atoms with E-state index in [0.29, 0.717) is 18.1 Å². The number of aromatic nitrogens is 3. The normalized spacial score (nSPS) is 10.7. The third-order valence-corrected chi connectivity index (χ3v) is 2.88. The number of rotatable bonds is 5. The van der Waals surface area contributed by atoms with Crippen molar-refractivity contribution in [2.24, 2.45) is 0 Å². The maximum atomic E-state index is 8.84. The molecule has 4 nitrogen and oxygen atoms in total. The van der Waals surface area contributed by atoms with Gasteiger partial charge in [0, 0.05) is 13.0 Å². The first kappa shape index (κ1) is 12.1. The van der Waals surface area contributed by atoms with Gasteiger partial charge >= 0.3 is 0 Å². The van der Waals surface area contributed by atoms with E-state index in [1.54, 1.807) is 0 Å². The van der Waals surface area contributed by atoms with Gasteiger partial charge in [0.15, 0.2) is 5.16 Å². The molecule has 0 saturated heterocycles. The standard InChI is InChI=1S/C12H15N3OS/c16-8-4-7-11-13-14-12(17)15(11)9-10-5-2-1-3-6-10/h1-3,5-6,16H,4,7-9H2,(H,14,17). The van der Waals surface area contributed by atoms with Crippen molar-refractivity contribution in [2.45, 2.75) is 24.5 Å². The summed E-state index contributed by atoms with van der Waals surface area (Å²) in [5.41, 5.74) is 1.19. The molecule has 2 rings (SSSR count). The van der Waals surface area contributed by atoms with Crippen LogP contribution in [0.2, 0.25) is 0 Å². The molecule has 5 heteroatoms. The van der Waals surface area contributed by atoms with Gasteiger partial charge in [-0.1, -0.05) is 30.3 Å². The largest absolute Gasteiger partial charge is 0.396 e. The van der Waals surface area contributed by atoms with E-state index < -0.39 is 0 Å². The highest BCUT2D eigenvalue weighted by molar-refractivity contribution is 7.80. The van der Waals surface area contributed by atoms with E-state index in [1.165, 1.54) is 5.56 Å². The van der Waals surface area contributed by atoms with Crippen molar-refractivity contribution in [1.29, 1.82) is 0 Å². The Labute approximate surface area is 106 Å². The Kier molecular flexibility index (Phi) is 4.17. The van der Waals surface area contributed by atoms with E-state index >= 15 is 0 Å². The molecule has 1 aromatic heterocycles. The zero-order valence-electron chi connectivity index (χ0n) is 9.45. The second-order valence-electron chi connectivity index (χ2n) is 3.82. The third-order valence-electron chi connectivity index (χ3n) is 2.55. The molecule has 2 aromatic rings. The fourth-order valence-corrected chi connectivity index (χ4v) is 1.91. The van der Waals surface area contributed by atoms with E-state index in [1.807, 2.05) is 22.8 Å². The van der Waals surface area contributed by atoms with Gasteiger partial charge in [0.1, 0.15) is 5.82 Å². The molecule has 0 spiro atoms. The highest BCUT2D eigenvalue weighted by Gasteiger charge is 2.09. The quantitative estimate of drug-likeness (QED) is 0.790. The van der Waals surface area contributed by atoms with Crippen LogP contribution in [0, 0.1) is 0 Å². The second-order valence-corrected chi connectivity index (χ2v) is 4.22. The number of hydrogen-bond acceptors (Lipinski definition) is 4. The van der Waals surface area contributed by atoms with Gasteiger partial charge in [-0.15, -0.1) is 22.8 Å². The summed E-state index contributed by atoms with van der Waals surface area (Å²) in [6.07, 6.45) is 1.41. The lowest BCUT2D eigenvalue weighted by Crippen LogP contribution is -2.06. The Balaban J connectivity index is 2.17. The molecule has 0 aliphatic rings. The van der Waals surface area contributed by atoms with Gasteiger partial charge in [-0.25, -0.2) is 0 Å². The van der Waals surface area contributed by atoms with E-state index in [2.05, 4.69) is 35.0 Å². The van der Waals surface area contributed by atoms with E-state index in [4.69, 9.17) is 5.11 Å². The summed E-state index contributed by atoms with van der Waals surface area (Å²) in [4.78, 5) is 0. The molecule has 0 bridgehead atoms. The van der Waals surface area contributed by atoms with Gasteiger partial charge in [-0.3, -0.25) is 0 Å². The van der Waals surface area contributed by atoms with Crippen molar-refractivity contribution in [1.82, 2.24) is 14.8 Å². The van der Waals surface area contributed by atoms with Crippen LogP contribution in [0.4, 0.5) is 0 Å². The summed E-state index contributed by atoms with van der Waals surface area (Å²) in [5, 5.41) is 17.5. The molecule has 0 aliphatic heterocycles. The van der Waals surface area contributed by atoms with E-state index in [-0.39, 0.29) is 6.61 Å². The van der Waals surface area contributed by atoms with Crippen LogP contribution < -0.4 is 0 Å². The fourth-order valence-electron chi connectivity index (χ4n) is 1.68. The number of benzene rings is 1. The Hall–Kier alpha value is -1.33. The number of thiol groups is 1. The molecule has 0 aliphatic carbocycles. The van der Waals surface area contributed by atoms with Crippen LogP contribution in [0.3, 0.4) is 0 Å². The van der Waals surface area contributed by atoms with Crippen molar-refractivity contribution >= 4 is 12.6 Å². The molecule has 0 radical (unpaired) electrons. The lowest BCUT2D eigenvalue weighted by molar-refractivity contribution is 0.287. The van der Waals surface area contributed by atoms with Crippen LogP contribution in [0.15, 0.2) is 35.5 Å². The van der Waals surface area contributed by atoms with Gasteiger partial charge < -0.3 is 9.67 Å². The fraction of sp³-hybridized carbons (Fsp3) is 0.333. The number of aryl methyl sites for hydroxylation is 1. The lowest BCUT2D eigenvalue weighted by Gasteiger charge is -2.07. The first-order valence-corrected chi connectivity index (χ1v) is 6.02. The van der Waals surface area contributed by atoms with Crippen molar-refractivity contribution in [3.8, 4) is 0 Å². The predicted octanol–water partition coefficient (Wildman–Crippen LogP) is 1.54. The Morgan fingerprint density at radius 2 is 1.94 bits per heavy atom. The Morgan fingerprint density at radius 1 is 1.18 bits per heavy atom. The summed E-state index contributed by atoms with van der Waals surface area (Å²) in [6, 6.07) is 10.1. The molecule has 0 saturated carbocycles. The van der Waals surface area contributed by atoms with Gasteiger partial charge in [-0.2, -0.15) is 0 Å². The Bertz CT molecular complexity index is 470. The lowest BCUT2D eigenvalue weighted by atomic mass is 10.2. The van der Waals surface area contributed by atoms with E-state index in [0.717, 1.165) is 12.2 Å². The van der Waals surface area contributed by atoms with Crippen LogP contribution >= 0.6 is 12.6 Å². The van der Waals surface area contributed by atoms with Crippen molar-refractivity contribution in [3.05, 3.63) is 41.7 Å². The van der Waals surface area contributed by atoms with Gasteiger partial charge in [0.05, 0.1) is 6.54 Å². The highest BCUT2D eigenvalue weighted by atomic mass is 32.1. The molecule has 0 amide bonds. The highest BCUT2D eigenvalue weighted by Crippen LogP contribution is 2.12. The van der Waals surface area contributed by atoms with E-state index in [9.17, 15) is 0 Å². The van der Waals surface area contributed by atoms with Gasteiger partial charge in [-0.05, 0) is 12.0 Å². The minimum Gasteiger partial charge on any atom is -0.396 e. The summed E-state index contributed by atoms with van der Waals surface area (Å²) in [5.74, 6) is 0.868. The summed E-state index contributed by atoms with van der Waals surface area (Å²) < 4.78 is 1.97. The summed E-state index contributed by atoms with van der Waals surface area (Å²) in [7, 11) is 0. The topological polar surface area (TPSA) is 50.9 Å². The summed E-state index contributed by atoms with van der Waals surface area (Å²) >= 11 is 4.30. The predicted molar refractivity (Wildman–Crippen MR) is 68.2 cm³/mol. The smallest absolute Gasteiger partial charge is 0.188 e. The molecule has 0 atom stereocenters. The number of nitrogens with zero attached hydrogens (tertiary/aromatic N) is 3. The Morgan fingerprint density at radius 3 is 2.65 bits per heavy atom. The monoisotopic (exact) mass is 249 g/mol. The van der Waals surface area contributed by atoms with Gasteiger partial charge in [0.25, 0.3) is 0 Å². The van der Waals surface area contributed by atoms with Crippen LogP contribution in [-0.2, 0) is 13.0 Å². The zero-order valence-corrected chi connectivity index (χ0v) is 10.3. The molecule has 0 fully saturated rings. The number of aliphatic hydroxyl groups excluding tert-OH is 1. The maximum Gasteiger partial charge on any atom is 0.188 e. The summed E-state index contributed by atoms with van der Waals surface area (Å²) in [6.45, 7) is 0.882.